The van der Waals surface area contributed by atoms with Gasteiger partial charge in [-0.25, -0.2) is 4.98 Å². The second kappa shape index (κ2) is 4.84. The molecule has 20 heavy (non-hydrogen) atoms. The van der Waals surface area contributed by atoms with Crippen molar-refractivity contribution in [1.82, 2.24) is 9.55 Å². The molecule has 0 atom stereocenters. The van der Waals surface area contributed by atoms with Gasteiger partial charge in [0.1, 0.15) is 5.82 Å². The van der Waals surface area contributed by atoms with Crippen LogP contribution in [0, 0.1) is 0 Å². The summed E-state index contributed by atoms with van der Waals surface area (Å²) < 4.78 is 2.20. The smallest absolute Gasteiger partial charge is 0.141 e. The number of imidazole rings is 1. The van der Waals surface area contributed by atoms with E-state index in [0.717, 1.165) is 33.1 Å². The molecule has 0 saturated carbocycles. The van der Waals surface area contributed by atoms with Gasteiger partial charge in [0.25, 0.3) is 0 Å². The maximum atomic E-state index is 6.11. The number of hydrogen-bond acceptors (Lipinski definition) is 2. The Morgan fingerprint density at radius 1 is 1.10 bits per heavy atom. The monoisotopic (exact) mass is 285 g/mol. The summed E-state index contributed by atoms with van der Waals surface area (Å²) in [7, 11) is 0. The molecule has 3 nitrogen and oxygen atoms in total. The molecule has 1 aromatic heterocycles. The number of halogens is 1. The van der Waals surface area contributed by atoms with E-state index in [-0.39, 0.29) is 0 Å². The number of nitrogen functional groups attached to an aromatic ring is 1. The molecule has 1 heterocycles. The Labute approximate surface area is 123 Å². The maximum absolute atomic E-state index is 6.11. The summed E-state index contributed by atoms with van der Waals surface area (Å²) in [6, 6.07) is 13.9. The van der Waals surface area contributed by atoms with Gasteiger partial charge in [-0.05, 0) is 56.3 Å². The molecule has 102 valence electrons. The Bertz CT molecular complexity index is 757. The van der Waals surface area contributed by atoms with E-state index in [0.29, 0.717) is 6.04 Å². The van der Waals surface area contributed by atoms with Crippen LogP contribution in [0.15, 0.2) is 42.5 Å². The zero-order valence-electron chi connectivity index (χ0n) is 11.5. The van der Waals surface area contributed by atoms with Crippen LogP contribution in [0.5, 0.6) is 0 Å². The van der Waals surface area contributed by atoms with Crippen molar-refractivity contribution < 1.29 is 0 Å². The minimum Gasteiger partial charge on any atom is -0.399 e. The van der Waals surface area contributed by atoms with Crippen molar-refractivity contribution in [2.45, 2.75) is 19.9 Å². The lowest BCUT2D eigenvalue weighted by Gasteiger charge is -2.13. The van der Waals surface area contributed by atoms with Gasteiger partial charge < -0.3 is 10.3 Å². The third kappa shape index (κ3) is 2.14. The molecule has 0 unspecified atom stereocenters. The minimum absolute atomic E-state index is 0.297. The number of benzene rings is 2. The van der Waals surface area contributed by atoms with Crippen molar-refractivity contribution in [3.63, 3.8) is 0 Å². The lowest BCUT2D eigenvalue weighted by molar-refractivity contribution is 0.624. The maximum Gasteiger partial charge on any atom is 0.141 e. The van der Waals surface area contributed by atoms with E-state index in [1.807, 2.05) is 42.5 Å². The van der Waals surface area contributed by atoms with Gasteiger partial charge in [0.2, 0.25) is 0 Å². The van der Waals surface area contributed by atoms with Crippen LogP contribution in [0.25, 0.3) is 22.4 Å². The van der Waals surface area contributed by atoms with Gasteiger partial charge in [-0.3, -0.25) is 0 Å². The lowest BCUT2D eigenvalue weighted by atomic mass is 10.2. The van der Waals surface area contributed by atoms with Crippen molar-refractivity contribution in [2.75, 3.05) is 5.73 Å². The highest BCUT2D eigenvalue weighted by Crippen LogP contribution is 2.30. The van der Waals surface area contributed by atoms with Crippen molar-refractivity contribution >= 4 is 28.3 Å². The number of fused-ring (bicyclic) bond motifs is 1. The molecule has 0 aliphatic carbocycles. The molecule has 0 amide bonds. The molecule has 0 fully saturated rings. The summed E-state index contributed by atoms with van der Waals surface area (Å²) in [6.45, 7) is 4.28. The first kappa shape index (κ1) is 13.0. The molecule has 0 spiro atoms. The van der Waals surface area contributed by atoms with E-state index in [4.69, 9.17) is 22.3 Å². The molecule has 0 aliphatic heterocycles. The van der Waals surface area contributed by atoms with Crippen LogP contribution in [0.1, 0.15) is 19.9 Å². The quantitative estimate of drug-likeness (QED) is 0.704. The van der Waals surface area contributed by atoms with Gasteiger partial charge in [0, 0.05) is 22.3 Å². The molecular weight excluding hydrogens is 270 g/mol. The molecule has 4 heteroatoms. The minimum atomic E-state index is 0.297. The topological polar surface area (TPSA) is 43.8 Å². The molecule has 3 aromatic rings. The lowest BCUT2D eigenvalue weighted by Crippen LogP contribution is -2.03. The highest BCUT2D eigenvalue weighted by atomic mass is 35.5. The molecule has 2 aromatic carbocycles. The fraction of sp³-hybridized carbons (Fsp3) is 0.188. The zero-order valence-corrected chi connectivity index (χ0v) is 12.2. The Morgan fingerprint density at radius 2 is 1.80 bits per heavy atom. The van der Waals surface area contributed by atoms with E-state index in [9.17, 15) is 0 Å². The van der Waals surface area contributed by atoms with Crippen LogP contribution < -0.4 is 5.73 Å². The van der Waals surface area contributed by atoms with Crippen molar-refractivity contribution in [3.8, 4) is 11.4 Å². The highest BCUT2D eigenvalue weighted by molar-refractivity contribution is 6.31. The van der Waals surface area contributed by atoms with Crippen LogP contribution >= 0.6 is 11.6 Å². The van der Waals surface area contributed by atoms with Crippen molar-refractivity contribution in [1.29, 1.82) is 0 Å². The Morgan fingerprint density at radius 3 is 2.45 bits per heavy atom. The predicted molar refractivity (Wildman–Crippen MR) is 85.0 cm³/mol. The number of hydrogen-bond donors (Lipinski definition) is 1. The Hall–Kier alpha value is -2.00. The fourth-order valence-electron chi connectivity index (χ4n) is 2.42. The molecule has 0 aliphatic rings. The van der Waals surface area contributed by atoms with Gasteiger partial charge in [-0.2, -0.15) is 0 Å². The number of anilines is 1. The average Bonchev–Trinajstić information content (AvgIpc) is 2.78. The summed E-state index contributed by atoms with van der Waals surface area (Å²) >= 11 is 6.11. The normalized spacial score (nSPS) is 11.4. The Kier molecular flexibility index (Phi) is 3.14. The third-order valence-corrected chi connectivity index (χ3v) is 3.57. The molecule has 0 saturated heterocycles. The van der Waals surface area contributed by atoms with E-state index < -0.39 is 0 Å². The number of rotatable bonds is 2. The average molecular weight is 286 g/mol. The molecular formula is C16H16ClN3. The van der Waals surface area contributed by atoms with Crippen LogP contribution in [0.2, 0.25) is 5.02 Å². The number of nitrogens with zero attached hydrogens (tertiary/aromatic N) is 2. The highest BCUT2D eigenvalue weighted by Gasteiger charge is 2.15. The molecule has 0 bridgehead atoms. The first-order chi connectivity index (χ1) is 9.56. The van der Waals surface area contributed by atoms with Gasteiger partial charge >= 0.3 is 0 Å². The van der Waals surface area contributed by atoms with Crippen molar-refractivity contribution in [3.05, 3.63) is 47.5 Å². The van der Waals surface area contributed by atoms with Crippen LogP contribution in [0.4, 0.5) is 5.69 Å². The van der Waals surface area contributed by atoms with E-state index in [1.165, 1.54) is 0 Å². The first-order valence-electron chi connectivity index (χ1n) is 6.59. The van der Waals surface area contributed by atoms with Crippen LogP contribution in [-0.4, -0.2) is 9.55 Å². The second-order valence-electron chi connectivity index (χ2n) is 5.15. The van der Waals surface area contributed by atoms with Gasteiger partial charge in [0.15, 0.2) is 0 Å². The first-order valence-corrected chi connectivity index (χ1v) is 6.97. The summed E-state index contributed by atoms with van der Waals surface area (Å²) in [5, 5.41) is 0.725. The molecule has 0 radical (unpaired) electrons. The largest absolute Gasteiger partial charge is 0.399 e. The number of nitrogens with two attached hydrogens (primary N) is 1. The zero-order chi connectivity index (χ0) is 14.3. The summed E-state index contributed by atoms with van der Waals surface area (Å²) in [5.41, 5.74) is 9.57. The van der Waals surface area contributed by atoms with E-state index in [2.05, 4.69) is 18.4 Å². The van der Waals surface area contributed by atoms with Crippen LogP contribution in [-0.2, 0) is 0 Å². The van der Waals surface area contributed by atoms with Crippen molar-refractivity contribution in [2.24, 2.45) is 0 Å². The SMILES string of the molecule is CC(C)n1c(-c2ccc(N)cc2)nc2ccc(Cl)cc21. The molecule has 2 N–H and O–H groups in total. The fourth-order valence-corrected chi connectivity index (χ4v) is 2.59. The molecule has 3 rings (SSSR count). The van der Waals surface area contributed by atoms with E-state index >= 15 is 0 Å². The summed E-state index contributed by atoms with van der Waals surface area (Å²) in [5.74, 6) is 0.942. The number of aromatic nitrogens is 2. The summed E-state index contributed by atoms with van der Waals surface area (Å²) in [6.07, 6.45) is 0. The van der Waals surface area contributed by atoms with E-state index in [1.54, 1.807) is 0 Å². The van der Waals surface area contributed by atoms with Crippen LogP contribution in [0.3, 0.4) is 0 Å². The second-order valence-corrected chi connectivity index (χ2v) is 5.59. The predicted octanol–water partition coefficient (Wildman–Crippen LogP) is 4.52. The van der Waals surface area contributed by atoms with Gasteiger partial charge in [-0.15, -0.1) is 0 Å². The van der Waals surface area contributed by atoms with Gasteiger partial charge in [-0.1, -0.05) is 11.6 Å². The standard InChI is InChI=1S/C16H16ClN3/c1-10(2)20-15-9-12(17)5-8-14(15)19-16(20)11-3-6-13(18)7-4-11/h3-10H,18H2,1-2H3. The summed E-state index contributed by atoms with van der Waals surface area (Å²) in [4.78, 5) is 4.74. The Balaban J connectivity index is 2.29. The van der Waals surface area contributed by atoms with Gasteiger partial charge in [0.05, 0.1) is 11.0 Å². The third-order valence-electron chi connectivity index (χ3n) is 3.34.